The van der Waals surface area contributed by atoms with Crippen molar-refractivity contribution in [2.24, 2.45) is 0 Å². The number of benzene rings is 2. The maximum Gasteiger partial charge on any atom is 0.243 e. The first-order chi connectivity index (χ1) is 12.9. The van der Waals surface area contributed by atoms with Gasteiger partial charge in [0.15, 0.2) is 0 Å². The minimum absolute atomic E-state index is 0.0266. The number of nitrogens with one attached hydrogen (secondary N) is 1. The number of carbonyl (C=O) groups excluding carboxylic acids is 1. The molecule has 1 heterocycles. The number of para-hydroxylation sites is 1. The van der Waals surface area contributed by atoms with E-state index in [-0.39, 0.29) is 17.0 Å². The van der Waals surface area contributed by atoms with Crippen molar-refractivity contribution in [2.45, 2.75) is 36.6 Å². The van der Waals surface area contributed by atoms with Crippen molar-refractivity contribution in [3.05, 3.63) is 59.4 Å². The van der Waals surface area contributed by atoms with Gasteiger partial charge in [-0.05, 0) is 49.2 Å². The first kappa shape index (κ1) is 19.8. The molecule has 2 aromatic rings. The third kappa shape index (κ3) is 4.66. The number of halogens is 2. The molecule has 1 aliphatic heterocycles. The molecule has 8 heteroatoms. The lowest BCUT2D eigenvalue weighted by atomic mass is 10.0. The van der Waals surface area contributed by atoms with Crippen LogP contribution < -0.4 is 5.32 Å². The number of sulfonamides is 1. The average molecular weight is 411 g/mol. The summed E-state index contributed by atoms with van der Waals surface area (Å²) < 4.78 is 41.1. The minimum Gasteiger partial charge on any atom is -0.324 e. The molecule has 27 heavy (non-hydrogen) atoms. The summed E-state index contributed by atoms with van der Waals surface area (Å²) in [4.78, 5) is 12.5. The van der Waals surface area contributed by atoms with Gasteiger partial charge in [0.2, 0.25) is 15.9 Å². The topological polar surface area (TPSA) is 66.5 Å². The number of nitrogens with zero attached hydrogens (tertiary/aromatic N) is 1. The van der Waals surface area contributed by atoms with E-state index in [9.17, 15) is 17.6 Å². The van der Waals surface area contributed by atoms with Gasteiger partial charge in [0.05, 0.1) is 10.6 Å². The number of anilines is 1. The van der Waals surface area contributed by atoms with Gasteiger partial charge in [-0.1, -0.05) is 30.2 Å². The molecule has 0 radical (unpaired) electrons. The number of piperidine rings is 1. The van der Waals surface area contributed by atoms with Gasteiger partial charge in [-0.3, -0.25) is 4.79 Å². The highest BCUT2D eigenvalue weighted by molar-refractivity contribution is 7.89. The van der Waals surface area contributed by atoms with Crippen LogP contribution in [0.25, 0.3) is 0 Å². The summed E-state index contributed by atoms with van der Waals surface area (Å²) in [5.41, 5.74) is 0.0883. The normalized spacial score (nSPS) is 18.2. The van der Waals surface area contributed by atoms with Crippen LogP contribution in [0.4, 0.5) is 10.1 Å². The number of hydrogen-bond donors (Lipinski definition) is 1. The van der Waals surface area contributed by atoms with E-state index in [1.165, 1.54) is 46.8 Å². The Kier molecular flexibility index (Phi) is 6.14. The van der Waals surface area contributed by atoms with Crippen LogP contribution in [0, 0.1) is 5.82 Å². The summed E-state index contributed by atoms with van der Waals surface area (Å²) in [6, 6.07) is 11.4. The number of amides is 1. The molecule has 1 saturated heterocycles. The highest BCUT2D eigenvalue weighted by atomic mass is 35.5. The molecule has 0 aliphatic carbocycles. The molecule has 1 aliphatic rings. The Morgan fingerprint density at radius 1 is 1.15 bits per heavy atom. The lowest BCUT2D eigenvalue weighted by Gasteiger charge is -2.34. The van der Waals surface area contributed by atoms with Crippen LogP contribution in [0.2, 0.25) is 5.02 Å². The summed E-state index contributed by atoms with van der Waals surface area (Å²) >= 11 is 5.84. The molecule has 0 bridgehead atoms. The SMILES string of the molecule is O=C(C[C@@H]1CCCCN1S(=O)(=O)c1ccc(Cl)cc1)Nc1ccccc1F. The van der Waals surface area contributed by atoms with Crippen molar-refractivity contribution in [1.29, 1.82) is 0 Å². The highest BCUT2D eigenvalue weighted by Crippen LogP contribution is 2.28. The molecule has 0 aromatic heterocycles. The molecule has 1 fully saturated rings. The summed E-state index contributed by atoms with van der Waals surface area (Å²) in [6.07, 6.45) is 2.13. The molecule has 144 valence electrons. The molecular formula is C19H20ClFN2O3S. The number of rotatable bonds is 5. The van der Waals surface area contributed by atoms with Gasteiger partial charge < -0.3 is 5.32 Å². The van der Waals surface area contributed by atoms with Gasteiger partial charge in [-0.25, -0.2) is 12.8 Å². The third-order valence-corrected chi connectivity index (χ3v) is 6.78. The van der Waals surface area contributed by atoms with Gasteiger partial charge in [-0.2, -0.15) is 4.31 Å². The van der Waals surface area contributed by atoms with Crippen molar-refractivity contribution in [1.82, 2.24) is 4.31 Å². The molecule has 5 nitrogen and oxygen atoms in total. The zero-order chi connectivity index (χ0) is 19.4. The van der Waals surface area contributed by atoms with Crippen molar-refractivity contribution >= 4 is 33.2 Å². The standard InChI is InChI=1S/C19H20ClFN2O3S/c20-14-8-10-16(11-9-14)27(25,26)23-12-4-3-5-15(23)13-19(24)22-18-7-2-1-6-17(18)21/h1-2,6-11,15H,3-5,12-13H2,(H,22,24)/t15-/m0/s1. The Bertz CT molecular complexity index is 919. The van der Waals surface area contributed by atoms with Crippen LogP contribution in [-0.2, 0) is 14.8 Å². The molecule has 0 saturated carbocycles. The van der Waals surface area contributed by atoms with E-state index >= 15 is 0 Å². The number of hydrogen-bond acceptors (Lipinski definition) is 3. The maximum atomic E-state index is 13.7. The summed E-state index contributed by atoms with van der Waals surface area (Å²) in [5, 5.41) is 2.98. The van der Waals surface area contributed by atoms with E-state index < -0.39 is 27.8 Å². The first-order valence-electron chi connectivity index (χ1n) is 8.70. The van der Waals surface area contributed by atoms with Gasteiger partial charge >= 0.3 is 0 Å². The van der Waals surface area contributed by atoms with E-state index in [1.807, 2.05) is 0 Å². The van der Waals surface area contributed by atoms with Crippen molar-refractivity contribution < 1.29 is 17.6 Å². The van der Waals surface area contributed by atoms with Gasteiger partial charge in [0, 0.05) is 24.0 Å². The van der Waals surface area contributed by atoms with Crippen LogP contribution in [-0.4, -0.2) is 31.2 Å². The van der Waals surface area contributed by atoms with Crippen molar-refractivity contribution in [2.75, 3.05) is 11.9 Å². The molecule has 0 unspecified atom stereocenters. The smallest absolute Gasteiger partial charge is 0.243 e. The van der Waals surface area contributed by atoms with E-state index in [0.29, 0.717) is 18.0 Å². The van der Waals surface area contributed by atoms with Crippen LogP contribution in [0.15, 0.2) is 53.4 Å². The third-order valence-electron chi connectivity index (χ3n) is 4.56. The van der Waals surface area contributed by atoms with Crippen LogP contribution >= 0.6 is 11.6 Å². The second-order valence-corrected chi connectivity index (χ2v) is 8.78. The fraction of sp³-hybridized carbons (Fsp3) is 0.316. The molecule has 1 amide bonds. The molecule has 3 rings (SSSR count). The Hall–Kier alpha value is -1.96. The Morgan fingerprint density at radius 2 is 1.85 bits per heavy atom. The second-order valence-electron chi connectivity index (χ2n) is 6.45. The molecular weight excluding hydrogens is 391 g/mol. The quantitative estimate of drug-likeness (QED) is 0.808. The average Bonchev–Trinajstić information content (AvgIpc) is 2.64. The molecule has 1 atom stereocenters. The van der Waals surface area contributed by atoms with Crippen molar-refractivity contribution in [3.63, 3.8) is 0 Å². The monoisotopic (exact) mass is 410 g/mol. The zero-order valence-corrected chi connectivity index (χ0v) is 16.1. The van der Waals surface area contributed by atoms with Gasteiger partial charge in [0.25, 0.3) is 0 Å². The van der Waals surface area contributed by atoms with Gasteiger partial charge in [-0.15, -0.1) is 0 Å². The van der Waals surface area contributed by atoms with E-state index in [1.54, 1.807) is 6.07 Å². The maximum absolute atomic E-state index is 13.7. The summed E-state index contributed by atoms with van der Waals surface area (Å²) in [7, 11) is -3.73. The van der Waals surface area contributed by atoms with Crippen LogP contribution in [0.5, 0.6) is 0 Å². The van der Waals surface area contributed by atoms with Crippen molar-refractivity contribution in [3.8, 4) is 0 Å². The van der Waals surface area contributed by atoms with E-state index in [4.69, 9.17) is 11.6 Å². The fourth-order valence-corrected chi connectivity index (χ4v) is 5.03. The second kappa shape index (κ2) is 8.37. The van der Waals surface area contributed by atoms with E-state index in [0.717, 1.165) is 12.8 Å². The fourth-order valence-electron chi connectivity index (χ4n) is 3.21. The summed E-state index contributed by atoms with van der Waals surface area (Å²) in [6.45, 7) is 0.350. The molecule has 1 N–H and O–H groups in total. The lowest BCUT2D eigenvalue weighted by molar-refractivity contribution is -0.117. The predicted octanol–water partition coefficient (Wildman–Crippen LogP) is 4.05. The molecule has 2 aromatic carbocycles. The Morgan fingerprint density at radius 3 is 2.56 bits per heavy atom. The number of carbonyl (C=O) groups is 1. The first-order valence-corrected chi connectivity index (χ1v) is 10.5. The van der Waals surface area contributed by atoms with Gasteiger partial charge in [0.1, 0.15) is 5.82 Å². The highest BCUT2D eigenvalue weighted by Gasteiger charge is 2.34. The van der Waals surface area contributed by atoms with Crippen LogP contribution in [0.1, 0.15) is 25.7 Å². The Labute approximate surface area is 163 Å². The van der Waals surface area contributed by atoms with Crippen LogP contribution in [0.3, 0.4) is 0 Å². The lowest BCUT2D eigenvalue weighted by Crippen LogP contribution is -2.45. The predicted molar refractivity (Wildman–Crippen MR) is 103 cm³/mol. The van der Waals surface area contributed by atoms with E-state index in [2.05, 4.69) is 5.32 Å². The minimum atomic E-state index is -3.73. The molecule has 0 spiro atoms. The largest absolute Gasteiger partial charge is 0.324 e. The summed E-state index contributed by atoms with van der Waals surface area (Å²) in [5.74, 6) is -0.941. The Balaban J connectivity index is 1.76. The zero-order valence-electron chi connectivity index (χ0n) is 14.6.